The van der Waals surface area contributed by atoms with E-state index < -0.39 is 0 Å². The minimum absolute atomic E-state index is 0.158. The first kappa shape index (κ1) is 13.0. The van der Waals surface area contributed by atoms with Crippen molar-refractivity contribution in [3.05, 3.63) is 39.6 Å². The average molecular weight is 329 g/mol. The van der Waals surface area contributed by atoms with Crippen LogP contribution in [0.5, 0.6) is 0 Å². The summed E-state index contributed by atoms with van der Waals surface area (Å²) in [6.45, 7) is 0.614. The van der Waals surface area contributed by atoms with Gasteiger partial charge in [0, 0.05) is 18.1 Å². The topological polar surface area (TPSA) is 62.7 Å². The molecule has 94 valence electrons. The number of hydrogen-bond acceptors (Lipinski definition) is 5. The van der Waals surface area contributed by atoms with Crippen LogP contribution in [-0.4, -0.2) is 22.0 Å². The van der Waals surface area contributed by atoms with Crippen molar-refractivity contribution < 1.29 is 0 Å². The zero-order chi connectivity index (χ0) is 13.0. The van der Waals surface area contributed by atoms with E-state index in [4.69, 9.17) is 11.6 Å². The Morgan fingerprint density at radius 3 is 2.72 bits per heavy atom. The van der Waals surface area contributed by atoms with Crippen LogP contribution in [0.25, 0.3) is 0 Å². The number of aromatic nitrogens is 3. The monoisotopic (exact) mass is 327 g/mol. The molecule has 0 saturated heterocycles. The number of halogens is 2. The Balaban J connectivity index is 2.08. The van der Waals surface area contributed by atoms with E-state index in [1.807, 2.05) is 24.3 Å². The van der Waals surface area contributed by atoms with Crippen molar-refractivity contribution in [3.63, 3.8) is 0 Å². The van der Waals surface area contributed by atoms with Crippen LogP contribution >= 0.6 is 27.5 Å². The van der Waals surface area contributed by atoms with E-state index >= 15 is 0 Å². The molecule has 0 aliphatic carbocycles. The van der Waals surface area contributed by atoms with E-state index in [9.17, 15) is 0 Å². The quantitative estimate of drug-likeness (QED) is 0.903. The smallest absolute Gasteiger partial charge is 0.229 e. The Hall–Kier alpha value is -1.40. The summed E-state index contributed by atoms with van der Waals surface area (Å²) in [5, 5.41) is 6.08. The van der Waals surface area contributed by atoms with Gasteiger partial charge >= 0.3 is 0 Å². The lowest BCUT2D eigenvalue weighted by Crippen LogP contribution is -2.07. The van der Waals surface area contributed by atoms with Crippen LogP contribution in [0, 0.1) is 0 Å². The minimum Gasteiger partial charge on any atom is -0.357 e. The molecule has 0 saturated carbocycles. The third-order valence-corrected chi connectivity index (χ3v) is 2.83. The summed E-state index contributed by atoms with van der Waals surface area (Å²) in [7, 11) is 1.73. The van der Waals surface area contributed by atoms with Crippen molar-refractivity contribution in [3.8, 4) is 0 Å². The third-order valence-electron chi connectivity index (χ3n) is 2.17. The van der Waals surface area contributed by atoms with E-state index in [1.54, 1.807) is 7.05 Å². The Morgan fingerprint density at radius 2 is 2.00 bits per heavy atom. The molecule has 18 heavy (non-hydrogen) atoms. The third kappa shape index (κ3) is 3.54. The van der Waals surface area contributed by atoms with E-state index in [-0.39, 0.29) is 5.28 Å². The van der Waals surface area contributed by atoms with Gasteiger partial charge in [-0.25, -0.2) is 0 Å². The zero-order valence-corrected chi connectivity index (χ0v) is 12.0. The van der Waals surface area contributed by atoms with Crippen molar-refractivity contribution in [2.24, 2.45) is 0 Å². The minimum atomic E-state index is 0.158. The van der Waals surface area contributed by atoms with Crippen LogP contribution in [0.2, 0.25) is 5.28 Å². The average Bonchev–Trinajstić information content (AvgIpc) is 2.36. The van der Waals surface area contributed by atoms with Gasteiger partial charge in [-0.3, -0.25) is 0 Å². The number of benzene rings is 1. The Morgan fingerprint density at radius 1 is 1.22 bits per heavy atom. The van der Waals surface area contributed by atoms with Crippen molar-refractivity contribution in [1.29, 1.82) is 0 Å². The van der Waals surface area contributed by atoms with E-state index in [0.717, 1.165) is 10.0 Å². The van der Waals surface area contributed by atoms with Gasteiger partial charge in [-0.2, -0.15) is 15.0 Å². The molecule has 0 fully saturated rings. The number of anilines is 2. The predicted octanol–water partition coefficient (Wildman–Crippen LogP) is 2.94. The lowest BCUT2D eigenvalue weighted by atomic mass is 10.2. The Kier molecular flexibility index (Phi) is 4.33. The molecule has 1 aromatic carbocycles. The highest BCUT2D eigenvalue weighted by Crippen LogP contribution is 2.14. The predicted molar refractivity (Wildman–Crippen MR) is 75.9 cm³/mol. The Bertz CT molecular complexity index is 549. The molecule has 0 spiro atoms. The van der Waals surface area contributed by atoms with Crippen LogP contribution in [0.3, 0.4) is 0 Å². The van der Waals surface area contributed by atoms with Crippen LogP contribution in [0.4, 0.5) is 11.9 Å². The van der Waals surface area contributed by atoms with E-state index in [2.05, 4.69) is 41.5 Å². The number of nitrogens with zero attached hydrogens (tertiary/aromatic N) is 3. The van der Waals surface area contributed by atoms with Gasteiger partial charge in [-0.05, 0) is 29.3 Å². The molecule has 2 N–H and O–H groups in total. The summed E-state index contributed by atoms with van der Waals surface area (Å²) in [5.74, 6) is 0.881. The molecule has 7 heteroatoms. The first-order valence-electron chi connectivity index (χ1n) is 5.25. The van der Waals surface area contributed by atoms with E-state index in [1.165, 1.54) is 0 Å². The van der Waals surface area contributed by atoms with Crippen molar-refractivity contribution in [2.45, 2.75) is 6.54 Å². The maximum Gasteiger partial charge on any atom is 0.229 e. The number of hydrogen-bond donors (Lipinski definition) is 2. The molecule has 0 atom stereocenters. The maximum absolute atomic E-state index is 5.79. The molecular formula is C11H11BrClN5. The molecule has 0 aliphatic heterocycles. The SMILES string of the molecule is CNc1nc(Cl)nc(NCc2cccc(Br)c2)n1. The van der Waals surface area contributed by atoms with Gasteiger partial charge < -0.3 is 10.6 Å². The molecular weight excluding hydrogens is 318 g/mol. The van der Waals surface area contributed by atoms with E-state index in [0.29, 0.717) is 18.4 Å². The molecule has 5 nitrogen and oxygen atoms in total. The first-order valence-corrected chi connectivity index (χ1v) is 6.42. The van der Waals surface area contributed by atoms with Crippen LogP contribution in [-0.2, 0) is 6.54 Å². The number of rotatable bonds is 4. The van der Waals surface area contributed by atoms with Crippen molar-refractivity contribution in [1.82, 2.24) is 15.0 Å². The largest absolute Gasteiger partial charge is 0.357 e. The van der Waals surface area contributed by atoms with Crippen LogP contribution < -0.4 is 10.6 Å². The lowest BCUT2D eigenvalue weighted by Gasteiger charge is -2.06. The molecule has 2 aromatic rings. The van der Waals surface area contributed by atoms with Crippen molar-refractivity contribution in [2.75, 3.05) is 17.7 Å². The highest BCUT2D eigenvalue weighted by Gasteiger charge is 2.03. The molecule has 1 heterocycles. The van der Waals surface area contributed by atoms with Gasteiger partial charge in [-0.15, -0.1) is 0 Å². The van der Waals surface area contributed by atoms with Gasteiger partial charge in [-0.1, -0.05) is 28.1 Å². The Labute approximate surface area is 118 Å². The van der Waals surface area contributed by atoms with Crippen LogP contribution in [0.15, 0.2) is 28.7 Å². The highest BCUT2D eigenvalue weighted by atomic mass is 79.9. The molecule has 0 radical (unpaired) electrons. The van der Waals surface area contributed by atoms with Gasteiger partial charge in [0.15, 0.2) is 0 Å². The number of nitrogens with one attached hydrogen (secondary N) is 2. The standard InChI is InChI=1S/C11H11BrClN5/c1-14-10-16-9(13)17-11(18-10)15-6-7-3-2-4-8(12)5-7/h2-5H,6H2,1H3,(H2,14,15,16,17,18). The summed E-state index contributed by atoms with van der Waals surface area (Å²) < 4.78 is 1.03. The molecule has 0 bridgehead atoms. The summed E-state index contributed by atoms with van der Waals surface area (Å²) in [6, 6.07) is 7.98. The molecule has 2 rings (SSSR count). The van der Waals surface area contributed by atoms with Crippen molar-refractivity contribution >= 4 is 39.4 Å². The molecule has 1 aromatic heterocycles. The van der Waals surface area contributed by atoms with Gasteiger partial charge in [0.25, 0.3) is 0 Å². The zero-order valence-electron chi connectivity index (χ0n) is 9.61. The molecule has 0 unspecified atom stereocenters. The van der Waals surface area contributed by atoms with Crippen LogP contribution in [0.1, 0.15) is 5.56 Å². The second-order valence-electron chi connectivity index (χ2n) is 3.49. The first-order chi connectivity index (χ1) is 8.67. The normalized spacial score (nSPS) is 10.2. The summed E-state index contributed by atoms with van der Waals surface area (Å²) in [6.07, 6.45) is 0. The lowest BCUT2D eigenvalue weighted by molar-refractivity contribution is 1.00. The van der Waals surface area contributed by atoms with Gasteiger partial charge in [0.05, 0.1) is 0 Å². The summed E-state index contributed by atoms with van der Waals surface area (Å²) >= 11 is 9.21. The van der Waals surface area contributed by atoms with Gasteiger partial charge in [0.1, 0.15) is 0 Å². The molecule has 0 aliphatic rings. The maximum atomic E-state index is 5.79. The summed E-state index contributed by atoms with van der Waals surface area (Å²) in [4.78, 5) is 12.1. The fraction of sp³-hybridized carbons (Fsp3) is 0.182. The fourth-order valence-electron chi connectivity index (χ4n) is 1.37. The fourth-order valence-corrected chi connectivity index (χ4v) is 1.98. The molecule has 0 amide bonds. The second-order valence-corrected chi connectivity index (χ2v) is 4.74. The second kappa shape index (κ2) is 5.97. The highest BCUT2D eigenvalue weighted by molar-refractivity contribution is 9.10. The van der Waals surface area contributed by atoms with Gasteiger partial charge in [0.2, 0.25) is 17.2 Å². The summed E-state index contributed by atoms with van der Waals surface area (Å²) in [5.41, 5.74) is 1.12.